The summed E-state index contributed by atoms with van der Waals surface area (Å²) in [5, 5.41) is 3.22. The quantitative estimate of drug-likeness (QED) is 0.873. The van der Waals surface area contributed by atoms with Crippen LogP contribution in [0, 0.1) is 35.2 Å². The molecule has 1 N–H and O–H groups in total. The van der Waals surface area contributed by atoms with Gasteiger partial charge in [-0.25, -0.2) is 13.2 Å². The molecular weight excluding hydrogens is 263 g/mol. The van der Waals surface area contributed by atoms with Crippen molar-refractivity contribution in [3.63, 3.8) is 0 Å². The predicted molar refractivity (Wildman–Crippen MR) is 71.7 cm³/mol. The molecule has 110 valence electrons. The highest BCUT2D eigenvalue weighted by molar-refractivity contribution is 5.27. The van der Waals surface area contributed by atoms with Crippen LogP contribution in [0.4, 0.5) is 13.2 Å². The first-order chi connectivity index (χ1) is 9.63. The highest BCUT2D eigenvalue weighted by Crippen LogP contribution is 2.60. The molecule has 2 aliphatic carbocycles. The van der Waals surface area contributed by atoms with E-state index in [0.29, 0.717) is 24.3 Å². The molecule has 0 spiro atoms. The molecule has 0 radical (unpaired) electrons. The first kappa shape index (κ1) is 13.9. The second-order valence-electron chi connectivity index (χ2n) is 6.01. The van der Waals surface area contributed by atoms with E-state index in [2.05, 4.69) is 5.32 Å². The maximum absolute atomic E-state index is 14.0. The van der Waals surface area contributed by atoms with Crippen LogP contribution in [-0.2, 0) is 0 Å². The minimum Gasteiger partial charge on any atom is -0.310 e. The molecule has 2 fully saturated rings. The van der Waals surface area contributed by atoms with E-state index in [0.717, 1.165) is 25.0 Å². The van der Waals surface area contributed by atoms with Crippen LogP contribution in [0.15, 0.2) is 12.1 Å². The van der Waals surface area contributed by atoms with E-state index in [1.807, 2.05) is 6.92 Å². The summed E-state index contributed by atoms with van der Waals surface area (Å²) in [4.78, 5) is 0. The van der Waals surface area contributed by atoms with Gasteiger partial charge in [-0.2, -0.15) is 0 Å². The van der Waals surface area contributed by atoms with Crippen molar-refractivity contribution in [3.8, 4) is 0 Å². The van der Waals surface area contributed by atoms with Gasteiger partial charge in [0.25, 0.3) is 0 Å². The Morgan fingerprint density at radius 2 is 1.65 bits per heavy atom. The highest BCUT2D eigenvalue weighted by Gasteiger charge is 2.55. The largest absolute Gasteiger partial charge is 0.310 e. The fourth-order valence-electron chi connectivity index (χ4n) is 4.04. The number of nitrogens with one attached hydrogen (secondary N) is 1. The number of hydrogen-bond donors (Lipinski definition) is 1. The van der Waals surface area contributed by atoms with Crippen molar-refractivity contribution in [2.45, 2.75) is 38.6 Å². The number of rotatable bonds is 4. The second-order valence-corrected chi connectivity index (χ2v) is 6.01. The van der Waals surface area contributed by atoms with Crippen molar-refractivity contribution in [2.24, 2.45) is 17.8 Å². The van der Waals surface area contributed by atoms with Crippen LogP contribution in [-0.4, -0.2) is 6.54 Å². The molecule has 3 atom stereocenters. The molecule has 0 aromatic heterocycles. The van der Waals surface area contributed by atoms with Crippen LogP contribution in [0.1, 0.15) is 44.2 Å². The van der Waals surface area contributed by atoms with Crippen molar-refractivity contribution in [2.75, 3.05) is 6.54 Å². The third-order valence-electron chi connectivity index (χ3n) is 4.89. The van der Waals surface area contributed by atoms with Gasteiger partial charge in [-0.1, -0.05) is 19.8 Å². The Morgan fingerprint density at radius 3 is 2.15 bits per heavy atom. The van der Waals surface area contributed by atoms with Crippen LogP contribution >= 0.6 is 0 Å². The molecule has 2 aliphatic rings. The summed E-state index contributed by atoms with van der Waals surface area (Å²) in [6, 6.07) is 1.25. The van der Waals surface area contributed by atoms with Crippen molar-refractivity contribution in [1.82, 2.24) is 5.32 Å². The molecule has 1 nitrogen and oxygen atoms in total. The fraction of sp³-hybridized carbons (Fsp3) is 0.625. The summed E-state index contributed by atoms with van der Waals surface area (Å²) >= 11 is 0. The summed E-state index contributed by atoms with van der Waals surface area (Å²) in [7, 11) is 0. The van der Waals surface area contributed by atoms with Gasteiger partial charge in [-0.15, -0.1) is 0 Å². The van der Waals surface area contributed by atoms with Crippen LogP contribution < -0.4 is 5.32 Å². The Kier molecular flexibility index (Phi) is 3.76. The van der Waals surface area contributed by atoms with Crippen LogP contribution in [0.3, 0.4) is 0 Å². The molecule has 0 heterocycles. The van der Waals surface area contributed by atoms with Gasteiger partial charge in [0.15, 0.2) is 0 Å². The monoisotopic (exact) mass is 283 g/mol. The Morgan fingerprint density at radius 1 is 1.10 bits per heavy atom. The van der Waals surface area contributed by atoms with Crippen molar-refractivity contribution in [3.05, 3.63) is 35.1 Å². The highest BCUT2D eigenvalue weighted by atomic mass is 19.1. The average molecular weight is 283 g/mol. The van der Waals surface area contributed by atoms with Crippen LogP contribution in [0.25, 0.3) is 0 Å². The third-order valence-corrected chi connectivity index (χ3v) is 4.89. The van der Waals surface area contributed by atoms with Gasteiger partial charge < -0.3 is 5.32 Å². The minimum absolute atomic E-state index is 0.0210. The van der Waals surface area contributed by atoms with Gasteiger partial charge in [0.1, 0.15) is 17.5 Å². The SMILES string of the molecule is CCNC(c1c(F)cc(F)cc1F)C1C2CCCCC21. The molecular formula is C16H20F3N. The molecule has 1 aromatic rings. The van der Waals surface area contributed by atoms with E-state index in [4.69, 9.17) is 0 Å². The standard InChI is InChI=1S/C16H20F3N/c1-2-20-16(14-10-5-3-4-6-11(10)14)15-12(18)7-9(17)8-13(15)19/h7-8,10-11,14,16,20H,2-6H2,1H3. The zero-order valence-corrected chi connectivity index (χ0v) is 11.6. The number of benzene rings is 1. The van der Waals surface area contributed by atoms with E-state index >= 15 is 0 Å². The summed E-state index contributed by atoms with van der Waals surface area (Å²) in [5.41, 5.74) is 0.0210. The van der Waals surface area contributed by atoms with E-state index in [1.54, 1.807) is 0 Å². The molecule has 4 heteroatoms. The Labute approximate surface area is 117 Å². The molecule has 3 unspecified atom stereocenters. The fourth-order valence-corrected chi connectivity index (χ4v) is 4.04. The lowest BCUT2D eigenvalue weighted by Gasteiger charge is -2.20. The second kappa shape index (κ2) is 5.40. The first-order valence-corrected chi connectivity index (χ1v) is 7.51. The van der Waals surface area contributed by atoms with Gasteiger partial charge in [-0.05, 0) is 37.1 Å². The normalized spacial score (nSPS) is 29.9. The third kappa shape index (κ3) is 2.34. The van der Waals surface area contributed by atoms with E-state index in [-0.39, 0.29) is 11.6 Å². The number of halogens is 3. The lowest BCUT2D eigenvalue weighted by atomic mass is 9.98. The Hall–Kier alpha value is -1.03. The molecule has 1 aromatic carbocycles. The van der Waals surface area contributed by atoms with Crippen LogP contribution in [0.5, 0.6) is 0 Å². The molecule has 20 heavy (non-hydrogen) atoms. The summed E-state index contributed by atoms with van der Waals surface area (Å²) in [6.45, 7) is 2.58. The van der Waals surface area contributed by atoms with E-state index in [9.17, 15) is 13.2 Å². The summed E-state index contributed by atoms with van der Waals surface area (Å²) in [5.74, 6) is -0.929. The van der Waals surface area contributed by atoms with Crippen molar-refractivity contribution < 1.29 is 13.2 Å². The maximum Gasteiger partial charge on any atom is 0.133 e. The summed E-state index contributed by atoms with van der Waals surface area (Å²) in [6.07, 6.45) is 4.74. The van der Waals surface area contributed by atoms with Crippen molar-refractivity contribution >= 4 is 0 Å². The van der Waals surface area contributed by atoms with Gasteiger partial charge in [0.05, 0.1) is 0 Å². The van der Waals surface area contributed by atoms with Gasteiger partial charge in [-0.3, -0.25) is 0 Å². The Bertz CT molecular complexity index is 467. The van der Waals surface area contributed by atoms with E-state index in [1.165, 1.54) is 12.8 Å². The molecule has 2 saturated carbocycles. The van der Waals surface area contributed by atoms with Crippen LogP contribution in [0.2, 0.25) is 0 Å². The zero-order chi connectivity index (χ0) is 14.3. The summed E-state index contributed by atoms with van der Waals surface area (Å²) < 4.78 is 41.1. The maximum atomic E-state index is 14.0. The zero-order valence-electron chi connectivity index (χ0n) is 11.6. The minimum atomic E-state index is -0.854. The topological polar surface area (TPSA) is 12.0 Å². The van der Waals surface area contributed by atoms with E-state index < -0.39 is 17.5 Å². The smallest absolute Gasteiger partial charge is 0.133 e. The van der Waals surface area contributed by atoms with Crippen molar-refractivity contribution in [1.29, 1.82) is 0 Å². The lowest BCUT2D eigenvalue weighted by Crippen LogP contribution is -2.26. The first-order valence-electron chi connectivity index (χ1n) is 7.51. The lowest BCUT2D eigenvalue weighted by molar-refractivity contribution is 0.410. The molecule has 0 aliphatic heterocycles. The molecule has 3 rings (SSSR count). The van der Waals surface area contributed by atoms with Gasteiger partial charge >= 0.3 is 0 Å². The number of hydrogen-bond acceptors (Lipinski definition) is 1. The Balaban J connectivity index is 1.91. The average Bonchev–Trinajstić information content (AvgIpc) is 3.10. The molecule has 0 amide bonds. The molecule has 0 saturated heterocycles. The van der Waals surface area contributed by atoms with Gasteiger partial charge in [0, 0.05) is 23.7 Å². The predicted octanol–water partition coefficient (Wildman–Crippen LogP) is 4.19. The van der Waals surface area contributed by atoms with Gasteiger partial charge in [0.2, 0.25) is 0 Å². The molecule has 0 bridgehead atoms. The number of fused-ring (bicyclic) bond motifs is 1.